The van der Waals surface area contributed by atoms with Gasteiger partial charge in [-0.15, -0.1) is 0 Å². The summed E-state index contributed by atoms with van der Waals surface area (Å²) in [5.41, 5.74) is 1.61. The number of hydrogen-bond donors (Lipinski definition) is 1. The van der Waals surface area contributed by atoms with Crippen molar-refractivity contribution in [2.75, 3.05) is 50.7 Å². The number of rotatable bonds is 4. The third-order valence-electron chi connectivity index (χ3n) is 7.38. The Hall–Kier alpha value is -3.01. The number of imide groups is 1. The molecule has 1 aromatic rings. The molecule has 10 heteroatoms. The van der Waals surface area contributed by atoms with Gasteiger partial charge in [0.2, 0.25) is 17.7 Å². The van der Waals surface area contributed by atoms with E-state index < -0.39 is 17.8 Å². The van der Waals surface area contributed by atoms with E-state index in [4.69, 9.17) is 0 Å². The number of likely N-dealkylation sites (tertiary alicyclic amines) is 1. The predicted molar refractivity (Wildman–Crippen MR) is 122 cm³/mol. The summed E-state index contributed by atoms with van der Waals surface area (Å²) >= 11 is 0. The number of halogens is 1. The van der Waals surface area contributed by atoms with Crippen molar-refractivity contribution in [3.05, 3.63) is 29.1 Å². The summed E-state index contributed by atoms with van der Waals surface area (Å²) in [6.07, 6.45) is 3.94. The lowest BCUT2D eigenvalue weighted by Gasteiger charge is -2.38. The largest absolute Gasteiger partial charge is 0.368 e. The number of piperazine rings is 1. The number of nitrogens with zero attached hydrogens (tertiary/aromatic N) is 4. The van der Waals surface area contributed by atoms with Gasteiger partial charge in [0, 0.05) is 56.0 Å². The molecule has 1 N–H and O–H groups in total. The molecule has 0 spiro atoms. The first-order chi connectivity index (χ1) is 16.4. The summed E-state index contributed by atoms with van der Waals surface area (Å²) in [6, 6.07) is 1.93. The molecule has 4 aliphatic rings. The fourth-order valence-corrected chi connectivity index (χ4v) is 5.50. The smallest absolute Gasteiger partial charge is 0.255 e. The molecule has 5 rings (SSSR count). The van der Waals surface area contributed by atoms with Gasteiger partial charge in [0.05, 0.1) is 6.54 Å². The Bertz CT molecular complexity index is 1020. The molecule has 0 bridgehead atoms. The molecule has 4 heterocycles. The van der Waals surface area contributed by atoms with Crippen molar-refractivity contribution in [3.8, 4) is 0 Å². The minimum atomic E-state index is -0.738. The summed E-state index contributed by atoms with van der Waals surface area (Å²) in [5, 5.41) is 2.29. The zero-order chi connectivity index (χ0) is 23.8. The standard InChI is InChI=1S/C24H30FN5O4/c25-16-12-17-18(14-30(24(17)34)19-4-5-21(31)26-23(19)33)20(13-16)28-8-10-29(11-9-28)22(32)15-27-6-2-1-3-7-27/h12-13,19H,1-11,14-15H2,(H,26,31,33). The number of anilines is 1. The second-order valence-corrected chi connectivity index (χ2v) is 9.56. The number of carbonyl (C=O) groups excluding carboxylic acids is 4. The molecule has 4 amide bonds. The van der Waals surface area contributed by atoms with Crippen LogP contribution in [0.1, 0.15) is 48.0 Å². The van der Waals surface area contributed by atoms with E-state index in [2.05, 4.69) is 10.2 Å². The molecule has 0 aliphatic carbocycles. The average molecular weight is 472 g/mol. The molecule has 1 aromatic carbocycles. The number of nitrogens with one attached hydrogen (secondary N) is 1. The Kier molecular flexibility index (Phi) is 6.24. The van der Waals surface area contributed by atoms with Crippen LogP contribution in [0, 0.1) is 5.82 Å². The van der Waals surface area contributed by atoms with Crippen molar-refractivity contribution in [1.29, 1.82) is 0 Å². The summed E-state index contributed by atoms with van der Waals surface area (Å²) in [5.74, 6) is -1.59. The Balaban J connectivity index is 1.27. The fraction of sp³-hybridized carbons (Fsp3) is 0.583. The summed E-state index contributed by atoms with van der Waals surface area (Å²) in [6.45, 7) is 4.78. The van der Waals surface area contributed by atoms with Crippen LogP contribution < -0.4 is 10.2 Å². The number of benzene rings is 1. The summed E-state index contributed by atoms with van der Waals surface area (Å²) < 4.78 is 14.5. The van der Waals surface area contributed by atoms with Gasteiger partial charge in [-0.05, 0) is 44.5 Å². The lowest BCUT2D eigenvalue weighted by atomic mass is 10.0. The Morgan fingerprint density at radius 3 is 2.44 bits per heavy atom. The highest BCUT2D eigenvalue weighted by molar-refractivity contribution is 6.06. The Labute approximate surface area is 197 Å². The maximum absolute atomic E-state index is 14.5. The third kappa shape index (κ3) is 4.38. The quantitative estimate of drug-likeness (QED) is 0.651. The van der Waals surface area contributed by atoms with Crippen LogP contribution in [0.3, 0.4) is 0 Å². The molecule has 1 atom stereocenters. The van der Waals surface area contributed by atoms with Crippen molar-refractivity contribution >= 4 is 29.3 Å². The zero-order valence-electron chi connectivity index (χ0n) is 19.2. The zero-order valence-corrected chi connectivity index (χ0v) is 19.2. The SMILES string of the molecule is O=C1CCC(N2Cc3c(cc(F)cc3N3CCN(C(=O)CN4CCCCC4)CC3)C2=O)C(=O)N1. The van der Waals surface area contributed by atoms with Gasteiger partial charge >= 0.3 is 0 Å². The molecule has 1 unspecified atom stereocenters. The Morgan fingerprint density at radius 2 is 1.74 bits per heavy atom. The fourth-order valence-electron chi connectivity index (χ4n) is 5.50. The van der Waals surface area contributed by atoms with Crippen LogP contribution in [0.15, 0.2) is 12.1 Å². The lowest BCUT2D eigenvalue weighted by Crippen LogP contribution is -2.52. The van der Waals surface area contributed by atoms with Crippen molar-refractivity contribution in [1.82, 2.24) is 20.0 Å². The topological polar surface area (TPSA) is 93.3 Å². The molecule has 0 aromatic heterocycles. The number of piperidine rings is 2. The highest BCUT2D eigenvalue weighted by Gasteiger charge is 2.41. The van der Waals surface area contributed by atoms with E-state index in [1.54, 1.807) is 0 Å². The Morgan fingerprint density at radius 1 is 1.00 bits per heavy atom. The van der Waals surface area contributed by atoms with E-state index in [9.17, 15) is 23.6 Å². The first-order valence-corrected chi connectivity index (χ1v) is 12.1. The first-order valence-electron chi connectivity index (χ1n) is 12.1. The second-order valence-electron chi connectivity index (χ2n) is 9.56. The van der Waals surface area contributed by atoms with E-state index in [-0.39, 0.29) is 42.7 Å². The number of hydrogen-bond acceptors (Lipinski definition) is 6. The number of fused-ring (bicyclic) bond motifs is 1. The lowest BCUT2D eigenvalue weighted by molar-refractivity contribution is -0.137. The van der Waals surface area contributed by atoms with Crippen molar-refractivity contribution in [3.63, 3.8) is 0 Å². The highest BCUT2D eigenvalue weighted by atomic mass is 19.1. The van der Waals surface area contributed by atoms with E-state index in [0.29, 0.717) is 44.0 Å². The molecule has 4 aliphatic heterocycles. The van der Waals surface area contributed by atoms with Gasteiger partial charge in [0.1, 0.15) is 11.9 Å². The van der Waals surface area contributed by atoms with Gasteiger partial charge in [-0.25, -0.2) is 4.39 Å². The molecule has 9 nitrogen and oxygen atoms in total. The number of amides is 4. The van der Waals surface area contributed by atoms with Crippen LogP contribution in [0.2, 0.25) is 0 Å². The van der Waals surface area contributed by atoms with Crippen molar-refractivity contribution < 1.29 is 23.6 Å². The molecule has 3 fully saturated rings. The van der Waals surface area contributed by atoms with Crippen LogP contribution in [0.25, 0.3) is 0 Å². The van der Waals surface area contributed by atoms with Crippen LogP contribution in [-0.2, 0) is 20.9 Å². The minimum Gasteiger partial charge on any atom is -0.368 e. The van der Waals surface area contributed by atoms with Gasteiger partial charge in [-0.3, -0.25) is 29.4 Å². The molecule has 34 heavy (non-hydrogen) atoms. The first kappa shape index (κ1) is 22.8. The summed E-state index contributed by atoms with van der Waals surface area (Å²) in [7, 11) is 0. The van der Waals surface area contributed by atoms with E-state index in [1.807, 2.05) is 9.80 Å². The third-order valence-corrected chi connectivity index (χ3v) is 7.38. The van der Waals surface area contributed by atoms with Crippen LogP contribution >= 0.6 is 0 Å². The highest BCUT2D eigenvalue weighted by Crippen LogP contribution is 2.35. The molecule has 0 saturated carbocycles. The van der Waals surface area contributed by atoms with Crippen molar-refractivity contribution in [2.45, 2.75) is 44.7 Å². The molecular weight excluding hydrogens is 441 g/mol. The van der Waals surface area contributed by atoms with Crippen LogP contribution in [0.5, 0.6) is 0 Å². The van der Waals surface area contributed by atoms with Crippen LogP contribution in [-0.4, -0.2) is 90.2 Å². The maximum Gasteiger partial charge on any atom is 0.255 e. The second kappa shape index (κ2) is 9.32. The number of carbonyl (C=O) groups is 4. The average Bonchev–Trinajstić information content (AvgIpc) is 3.15. The maximum atomic E-state index is 14.5. The van der Waals surface area contributed by atoms with Gasteiger partial charge in [0.15, 0.2) is 0 Å². The van der Waals surface area contributed by atoms with E-state index >= 15 is 0 Å². The van der Waals surface area contributed by atoms with Gasteiger partial charge in [0.25, 0.3) is 5.91 Å². The van der Waals surface area contributed by atoms with Crippen molar-refractivity contribution in [2.24, 2.45) is 0 Å². The molecule has 3 saturated heterocycles. The van der Waals surface area contributed by atoms with Gasteiger partial charge in [-0.2, -0.15) is 0 Å². The van der Waals surface area contributed by atoms with E-state index in [0.717, 1.165) is 25.9 Å². The molecular formula is C24H30FN5O4. The molecule has 182 valence electrons. The van der Waals surface area contributed by atoms with Crippen LogP contribution in [0.4, 0.5) is 10.1 Å². The van der Waals surface area contributed by atoms with Gasteiger partial charge in [-0.1, -0.05) is 6.42 Å². The normalized spacial score (nSPS) is 23.9. The molecule has 0 radical (unpaired) electrons. The summed E-state index contributed by atoms with van der Waals surface area (Å²) in [4.78, 5) is 57.2. The predicted octanol–water partition coefficient (Wildman–Crippen LogP) is 0.721. The van der Waals surface area contributed by atoms with Gasteiger partial charge < -0.3 is 14.7 Å². The monoisotopic (exact) mass is 471 g/mol. The van der Waals surface area contributed by atoms with E-state index in [1.165, 1.54) is 23.5 Å². The minimum absolute atomic E-state index is 0.130.